The number of hydrogen-bond acceptors (Lipinski definition) is 4. The van der Waals surface area contributed by atoms with Gasteiger partial charge in [0.15, 0.2) is 0 Å². The number of para-hydroxylation sites is 1. The SMILES string of the molecule is c1ccc2c(c1)CCCN2N=Nc1nccs1. The molecule has 3 rings (SSSR count). The highest BCUT2D eigenvalue weighted by Crippen LogP contribution is 2.27. The summed E-state index contributed by atoms with van der Waals surface area (Å²) in [5.74, 6) is 0. The molecule has 0 saturated carbocycles. The summed E-state index contributed by atoms with van der Waals surface area (Å²) in [6.07, 6.45) is 3.98. The minimum Gasteiger partial charge on any atom is -0.247 e. The molecule has 0 saturated heterocycles. The first kappa shape index (κ1) is 10.4. The van der Waals surface area contributed by atoms with E-state index in [2.05, 4.69) is 33.5 Å². The number of aryl methyl sites for hydroxylation is 1. The van der Waals surface area contributed by atoms with Gasteiger partial charge in [0.05, 0.1) is 5.69 Å². The van der Waals surface area contributed by atoms with Crippen LogP contribution in [0.1, 0.15) is 12.0 Å². The molecule has 0 amide bonds. The summed E-state index contributed by atoms with van der Waals surface area (Å²) in [7, 11) is 0. The number of hydrogen-bond donors (Lipinski definition) is 0. The van der Waals surface area contributed by atoms with Crippen molar-refractivity contribution in [3.8, 4) is 0 Å². The molecule has 86 valence electrons. The predicted octanol–water partition coefficient (Wildman–Crippen LogP) is 3.59. The van der Waals surface area contributed by atoms with Crippen LogP contribution in [-0.2, 0) is 6.42 Å². The van der Waals surface area contributed by atoms with Crippen LogP contribution in [0.3, 0.4) is 0 Å². The molecule has 2 aromatic rings. The zero-order valence-corrected chi connectivity index (χ0v) is 10.1. The quantitative estimate of drug-likeness (QED) is 0.757. The standard InChI is InChI=1S/C12H12N4S/c1-2-6-11-10(4-1)5-3-8-16(11)15-14-12-13-7-9-17-12/h1-2,4,6-7,9H,3,5,8H2. The molecule has 0 bridgehead atoms. The second-order valence-electron chi connectivity index (χ2n) is 3.86. The van der Waals surface area contributed by atoms with Gasteiger partial charge >= 0.3 is 0 Å². The third kappa shape index (κ3) is 2.19. The maximum absolute atomic E-state index is 4.27. The monoisotopic (exact) mass is 244 g/mol. The van der Waals surface area contributed by atoms with Gasteiger partial charge in [0.25, 0.3) is 0 Å². The van der Waals surface area contributed by atoms with E-state index < -0.39 is 0 Å². The van der Waals surface area contributed by atoms with Gasteiger partial charge in [-0.2, -0.15) is 0 Å². The highest BCUT2D eigenvalue weighted by atomic mass is 32.1. The van der Waals surface area contributed by atoms with Gasteiger partial charge in [-0.05, 0) is 24.5 Å². The zero-order chi connectivity index (χ0) is 11.5. The van der Waals surface area contributed by atoms with E-state index >= 15 is 0 Å². The van der Waals surface area contributed by atoms with Crippen molar-refractivity contribution >= 4 is 22.2 Å². The molecule has 5 heteroatoms. The van der Waals surface area contributed by atoms with Gasteiger partial charge in [0.2, 0.25) is 5.13 Å². The molecule has 1 aromatic heterocycles. The van der Waals surface area contributed by atoms with Crippen LogP contribution in [0.5, 0.6) is 0 Å². The van der Waals surface area contributed by atoms with Crippen LogP contribution in [0.15, 0.2) is 46.2 Å². The Bertz CT molecular complexity index is 521. The summed E-state index contributed by atoms with van der Waals surface area (Å²) in [6.45, 7) is 0.923. The Hall–Kier alpha value is -1.75. The Balaban J connectivity index is 1.86. The lowest BCUT2D eigenvalue weighted by molar-refractivity contribution is 0.693. The number of thiazole rings is 1. The van der Waals surface area contributed by atoms with E-state index in [1.165, 1.54) is 22.6 Å². The molecule has 0 radical (unpaired) electrons. The van der Waals surface area contributed by atoms with E-state index in [9.17, 15) is 0 Å². The predicted molar refractivity (Wildman–Crippen MR) is 68.7 cm³/mol. The molecule has 17 heavy (non-hydrogen) atoms. The highest BCUT2D eigenvalue weighted by Gasteiger charge is 2.15. The molecule has 0 aliphatic carbocycles. The van der Waals surface area contributed by atoms with Gasteiger partial charge < -0.3 is 0 Å². The average molecular weight is 244 g/mol. The topological polar surface area (TPSA) is 40.9 Å². The van der Waals surface area contributed by atoms with E-state index in [-0.39, 0.29) is 0 Å². The van der Waals surface area contributed by atoms with Crippen LogP contribution >= 0.6 is 11.3 Å². The Kier molecular flexibility index (Phi) is 2.83. The van der Waals surface area contributed by atoms with Crippen molar-refractivity contribution in [2.24, 2.45) is 10.3 Å². The number of aromatic nitrogens is 1. The number of anilines is 1. The molecule has 0 unspecified atom stereocenters. The maximum atomic E-state index is 4.27. The van der Waals surface area contributed by atoms with Gasteiger partial charge in [-0.3, -0.25) is 0 Å². The smallest absolute Gasteiger partial charge is 0.231 e. The summed E-state index contributed by atoms with van der Waals surface area (Å²) in [4.78, 5) is 4.09. The Morgan fingerprint density at radius 3 is 3.12 bits per heavy atom. The zero-order valence-electron chi connectivity index (χ0n) is 9.28. The molecule has 1 aromatic carbocycles. The third-order valence-corrected chi connectivity index (χ3v) is 3.40. The maximum Gasteiger partial charge on any atom is 0.231 e. The molecule has 0 atom stereocenters. The van der Waals surface area contributed by atoms with Crippen molar-refractivity contribution in [1.82, 2.24) is 4.98 Å². The van der Waals surface area contributed by atoms with Crippen LogP contribution in [0, 0.1) is 0 Å². The average Bonchev–Trinajstić information content (AvgIpc) is 2.89. The first-order valence-corrected chi connectivity index (χ1v) is 6.48. The van der Waals surface area contributed by atoms with Crippen molar-refractivity contribution in [3.63, 3.8) is 0 Å². The van der Waals surface area contributed by atoms with Gasteiger partial charge in [-0.1, -0.05) is 23.4 Å². The molecule has 4 nitrogen and oxygen atoms in total. The van der Waals surface area contributed by atoms with Crippen LogP contribution in [0.4, 0.5) is 10.8 Å². The molecule has 1 aliphatic rings. The number of benzene rings is 1. The Morgan fingerprint density at radius 1 is 1.29 bits per heavy atom. The minimum absolute atomic E-state index is 0.702. The van der Waals surface area contributed by atoms with Crippen LogP contribution in [0.25, 0.3) is 0 Å². The van der Waals surface area contributed by atoms with E-state index in [0.29, 0.717) is 5.13 Å². The molecule has 1 aliphatic heterocycles. The van der Waals surface area contributed by atoms with Gasteiger partial charge in [-0.15, -0.1) is 16.5 Å². The second kappa shape index (κ2) is 4.63. The van der Waals surface area contributed by atoms with Crippen molar-refractivity contribution in [3.05, 3.63) is 41.4 Å². The Labute approximate surface area is 104 Å². The lowest BCUT2D eigenvalue weighted by Gasteiger charge is -2.25. The summed E-state index contributed by atoms with van der Waals surface area (Å²) in [5.41, 5.74) is 2.51. The molecule has 0 spiro atoms. The normalized spacial score (nSPS) is 15.2. The van der Waals surface area contributed by atoms with Crippen LogP contribution in [-0.4, -0.2) is 11.5 Å². The van der Waals surface area contributed by atoms with Gasteiger partial charge in [0.1, 0.15) is 0 Å². The molecular weight excluding hydrogens is 232 g/mol. The first-order valence-electron chi connectivity index (χ1n) is 5.60. The summed E-state index contributed by atoms with van der Waals surface area (Å²) in [6, 6.07) is 8.35. The van der Waals surface area contributed by atoms with Crippen LogP contribution < -0.4 is 5.01 Å². The fourth-order valence-electron chi connectivity index (χ4n) is 1.96. The van der Waals surface area contributed by atoms with Crippen molar-refractivity contribution in [1.29, 1.82) is 0 Å². The van der Waals surface area contributed by atoms with Crippen molar-refractivity contribution < 1.29 is 0 Å². The fourth-order valence-corrected chi connectivity index (χ4v) is 2.41. The van der Waals surface area contributed by atoms with E-state index in [1.807, 2.05) is 16.5 Å². The summed E-state index contributed by atoms with van der Waals surface area (Å²) >= 11 is 1.49. The van der Waals surface area contributed by atoms with Crippen molar-refractivity contribution in [2.45, 2.75) is 12.8 Å². The fraction of sp³-hybridized carbons (Fsp3) is 0.250. The number of rotatable bonds is 2. The van der Waals surface area contributed by atoms with Crippen LogP contribution in [0.2, 0.25) is 0 Å². The summed E-state index contributed by atoms with van der Waals surface area (Å²) in [5, 5.41) is 13.0. The molecule has 0 fully saturated rings. The highest BCUT2D eigenvalue weighted by molar-refractivity contribution is 7.13. The summed E-state index contributed by atoms with van der Waals surface area (Å²) < 4.78 is 0. The number of nitrogens with zero attached hydrogens (tertiary/aromatic N) is 4. The van der Waals surface area contributed by atoms with E-state index in [1.54, 1.807) is 6.20 Å². The van der Waals surface area contributed by atoms with Gasteiger partial charge in [0, 0.05) is 18.1 Å². The third-order valence-electron chi connectivity index (χ3n) is 2.74. The van der Waals surface area contributed by atoms with Crippen molar-refractivity contribution in [2.75, 3.05) is 11.6 Å². The lowest BCUT2D eigenvalue weighted by atomic mass is 10.0. The molecule has 2 heterocycles. The van der Waals surface area contributed by atoms with E-state index in [4.69, 9.17) is 0 Å². The lowest BCUT2D eigenvalue weighted by Crippen LogP contribution is -2.23. The molecule has 0 N–H and O–H groups in total. The minimum atomic E-state index is 0.702. The Morgan fingerprint density at radius 2 is 2.24 bits per heavy atom. The van der Waals surface area contributed by atoms with E-state index in [0.717, 1.165) is 19.4 Å². The second-order valence-corrected chi connectivity index (χ2v) is 4.73. The largest absolute Gasteiger partial charge is 0.247 e. The first-order chi connectivity index (χ1) is 8.43. The van der Waals surface area contributed by atoms with Gasteiger partial charge in [-0.25, -0.2) is 9.99 Å². The number of fused-ring (bicyclic) bond motifs is 1. The molecular formula is C12H12N4S.